The van der Waals surface area contributed by atoms with Crippen molar-refractivity contribution in [2.45, 2.75) is 6.92 Å². The number of carbonyl (C=O) groups excluding carboxylic acids is 2. The zero-order valence-electron chi connectivity index (χ0n) is 14.3. The first kappa shape index (κ1) is 18.1. The summed E-state index contributed by atoms with van der Waals surface area (Å²) in [6.07, 6.45) is 2.93. The summed E-state index contributed by atoms with van der Waals surface area (Å²) in [5, 5.41) is 0. The van der Waals surface area contributed by atoms with Crippen molar-refractivity contribution in [3.8, 4) is 11.5 Å². The Labute approximate surface area is 146 Å². The molecule has 0 unspecified atom stereocenters. The number of hydrazine groups is 1. The van der Waals surface area contributed by atoms with Crippen LogP contribution in [0.1, 0.15) is 21.5 Å². The van der Waals surface area contributed by atoms with E-state index in [1.165, 1.54) is 6.08 Å². The van der Waals surface area contributed by atoms with Gasteiger partial charge in [0.1, 0.15) is 0 Å². The SMILES string of the molecule is COc1ccc(/C=C/C(=O)NNC(=O)c2ccccc2C)cc1OC. The Kier molecular flexibility index (Phi) is 6.17. The summed E-state index contributed by atoms with van der Waals surface area (Å²) in [7, 11) is 3.09. The van der Waals surface area contributed by atoms with Gasteiger partial charge in [0, 0.05) is 11.6 Å². The number of aryl methyl sites for hydroxylation is 1. The van der Waals surface area contributed by atoms with Crippen LogP contribution in [0.3, 0.4) is 0 Å². The lowest BCUT2D eigenvalue weighted by Gasteiger charge is -2.08. The molecule has 0 aliphatic carbocycles. The monoisotopic (exact) mass is 340 g/mol. The first-order valence-electron chi connectivity index (χ1n) is 7.61. The van der Waals surface area contributed by atoms with Crippen LogP contribution in [-0.4, -0.2) is 26.0 Å². The van der Waals surface area contributed by atoms with Crippen molar-refractivity contribution in [3.63, 3.8) is 0 Å². The quantitative estimate of drug-likeness (QED) is 0.648. The second kappa shape index (κ2) is 8.54. The molecule has 0 spiro atoms. The van der Waals surface area contributed by atoms with Gasteiger partial charge in [-0.05, 0) is 42.3 Å². The fraction of sp³-hybridized carbons (Fsp3) is 0.158. The van der Waals surface area contributed by atoms with Gasteiger partial charge < -0.3 is 9.47 Å². The number of hydrogen-bond donors (Lipinski definition) is 2. The zero-order chi connectivity index (χ0) is 18.2. The van der Waals surface area contributed by atoms with Crippen LogP contribution in [0.5, 0.6) is 11.5 Å². The van der Waals surface area contributed by atoms with E-state index < -0.39 is 5.91 Å². The Bertz CT molecular complexity index is 800. The molecule has 2 N–H and O–H groups in total. The fourth-order valence-corrected chi connectivity index (χ4v) is 2.18. The number of amides is 2. The third kappa shape index (κ3) is 4.84. The molecule has 25 heavy (non-hydrogen) atoms. The first-order chi connectivity index (χ1) is 12.0. The summed E-state index contributed by atoms with van der Waals surface area (Å²) in [6, 6.07) is 12.4. The molecule has 0 radical (unpaired) electrons. The van der Waals surface area contributed by atoms with E-state index in [-0.39, 0.29) is 5.91 Å². The molecule has 2 rings (SSSR count). The standard InChI is InChI=1S/C19H20N2O4/c1-13-6-4-5-7-15(13)19(23)21-20-18(22)11-9-14-8-10-16(24-2)17(12-14)25-3/h4-12H,1-3H3,(H,20,22)(H,21,23)/b11-9+. The summed E-state index contributed by atoms with van der Waals surface area (Å²) in [6.45, 7) is 1.83. The van der Waals surface area contributed by atoms with Crippen molar-refractivity contribution in [1.82, 2.24) is 10.9 Å². The largest absolute Gasteiger partial charge is 0.493 e. The molecule has 130 valence electrons. The van der Waals surface area contributed by atoms with E-state index >= 15 is 0 Å². The van der Waals surface area contributed by atoms with Gasteiger partial charge in [-0.25, -0.2) is 0 Å². The van der Waals surface area contributed by atoms with E-state index in [1.807, 2.05) is 19.1 Å². The van der Waals surface area contributed by atoms with E-state index in [9.17, 15) is 9.59 Å². The second-order valence-corrected chi connectivity index (χ2v) is 5.21. The maximum Gasteiger partial charge on any atom is 0.269 e. The van der Waals surface area contributed by atoms with Crippen LogP contribution in [0, 0.1) is 6.92 Å². The topological polar surface area (TPSA) is 76.7 Å². The lowest BCUT2D eigenvalue weighted by atomic mass is 10.1. The molecule has 0 aliphatic rings. The normalized spacial score (nSPS) is 10.4. The minimum atomic E-state index is -0.447. The Morgan fingerprint density at radius 3 is 2.36 bits per heavy atom. The molecule has 0 fully saturated rings. The number of hydrogen-bond acceptors (Lipinski definition) is 4. The third-order valence-electron chi connectivity index (χ3n) is 3.52. The van der Waals surface area contributed by atoms with E-state index in [4.69, 9.17) is 9.47 Å². The molecule has 0 aliphatic heterocycles. The summed E-state index contributed by atoms with van der Waals surface area (Å²) in [5.41, 5.74) is 6.83. The van der Waals surface area contributed by atoms with Crippen LogP contribution in [0.15, 0.2) is 48.5 Å². The predicted octanol–water partition coefficient (Wildman–Crippen LogP) is 2.49. The van der Waals surface area contributed by atoms with Gasteiger partial charge in [0.25, 0.3) is 11.8 Å². The molecular formula is C19H20N2O4. The number of carbonyl (C=O) groups is 2. The van der Waals surface area contributed by atoms with Gasteiger partial charge in [-0.3, -0.25) is 20.4 Å². The molecule has 2 aromatic rings. The number of methoxy groups -OCH3 is 2. The minimum Gasteiger partial charge on any atom is -0.493 e. The van der Waals surface area contributed by atoms with Crippen molar-refractivity contribution in [1.29, 1.82) is 0 Å². The van der Waals surface area contributed by atoms with Gasteiger partial charge in [-0.15, -0.1) is 0 Å². The zero-order valence-corrected chi connectivity index (χ0v) is 14.3. The van der Waals surface area contributed by atoms with E-state index in [2.05, 4.69) is 10.9 Å². The molecule has 0 aromatic heterocycles. The molecule has 0 saturated carbocycles. The highest BCUT2D eigenvalue weighted by Gasteiger charge is 2.08. The lowest BCUT2D eigenvalue weighted by Crippen LogP contribution is -2.41. The summed E-state index contributed by atoms with van der Waals surface area (Å²) in [4.78, 5) is 23.9. The number of rotatable bonds is 5. The summed E-state index contributed by atoms with van der Waals surface area (Å²) >= 11 is 0. The van der Waals surface area contributed by atoms with Crippen molar-refractivity contribution in [3.05, 3.63) is 65.2 Å². The van der Waals surface area contributed by atoms with Crippen molar-refractivity contribution < 1.29 is 19.1 Å². The van der Waals surface area contributed by atoms with Gasteiger partial charge in [-0.2, -0.15) is 0 Å². The Hall–Kier alpha value is -3.28. The highest BCUT2D eigenvalue weighted by molar-refractivity contribution is 5.98. The van der Waals surface area contributed by atoms with Crippen molar-refractivity contribution in [2.75, 3.05) is 14.2 Å². The Morgan fingerprint density at radius 1 is 0.960 bits per heavy atom. The number of ether oxygens (including phenoxy) is 2. The van der Waals surface area contributed by atoms with E-state index in [0.29, 0.717) is 17.1 Å². The van der Waals surface area contributed by atoms with Crippen LogP contribution in [0.2, 0.25) is 0 Å². The number of nitrogens with one attached hydrogen (secondary N) is 2. The predicted molar refractivity (Wildman–Crippen MR) is 95.4 cm³/mol. The van der Waals surface area contributed by atoms with Gasteiger partial charge in [-0.1, -0.05) is 24.3 Å². The average molecular weight is 340 g/mol. The minimum absolute atomic E-state index is 0.369. The summed E-state index contributed by atoms with van der Waals surface area (Å²) in [5.74, 6) is 0.357. The molecular weight excluding hydrogens is 320 g/mol. The molecule has 0 bridgehead atoms. The molecule has 2 aromatic carbocycles. The highest BCUT2D eigenvalue weighted by atomic mass is 16.5. The fourth-order valence-electron chi connectivity index (χ4n) is 2.18. The van der Waals surface area contributed by atoms with Crippen LogP contribution in [0.25, 0.3) is 6.08 Å². The molecule has 0 atom stereocenters. The van der Waals surface area contributed by atoms with Crippen LogP contribution in [-0.2, 0) is 4.79 Å². The van der Waals surface area contributed by atoms with Crippen molar-refractivity contribution >= 4 is 17.9 Å². The number of benzene rings is 2. The molecule has 0 saturated heterocycles. The van der Waals surface area contributed by atoms with Gasteiger partial charge >= 0.3 is 0 Å². The van der Waals surface area contributed by atoms with Crippen LogP contribution in [0.4, 0.5) is 0 Å². The van der Waals surface area contributed by atoms with E-state index in [1.54, 1.807) is 50.6 Å². The van der Waals surface area contributed by atoms with Crippen LogP contribution >= 0.6 is 0 Å². The summed E-state index contributed by atoms with van der Waals surface area (Å²) < 4.78 is 10.4. The average Bonchev–Trinajstić information content (AvgIpc) is 2.64. The first-order valence-corrected chi connectivity index (χ1v) is 7.61. The van der Waals surface area contributed by atoms with E-state index in [0.717, 1.165) is 11.1 Å². The van der Waals surface area contributed by atoms with Gasteiger partial charge in [0.2, 0.25) is 0 Å². The Morgan fingerprint density at radius 2 is 1.68 bits per heavy atom. The maximum absolute atomic E-state index is 12.0. The molecule has 2 amide bonds. The van der Waals surface area contributed by atoms with Gasteiger partial charge in [0.15, 0.2) is 11.5 Å². The van der Waals surface area contributed by atoms with Crippen molar-refractivity contribution in [2.24, 2.45) is 0 Å². The molecule has 6 nitrogen and oxygen atoms in total. The second-order valence-electron chi connectivity index (χ2n) is 5.21. The molecule has 6 heteroatoms. The van der Waals surface area contributed by atoms with Gasteiger partial charge in [0.05, 0.1) is 14.2 Å². The molecule has 0 heterocycles. The Balaban J connectivity index is 1.95. The lowest BCUT2D eigenvalue weighted by molar-refractivity contribution is -0.117. The third-order valence-corrected chi connectivity index (χ3v) is 3.52. The highest BCUT2D eigenvalue weighted by Crippen LogP contribution is 2.27. The maximum atomic E-state index is 12.0. The smallest absolute Gasteiger partial charge is 0.269 e. The van der Waals surface area contributed by atoms with Crippen LogP contribution < -0.4 is 20.3 Å².